The van der Waals surface area contributed by atoms with E-state index in [2.05, 4.69) is 33.3 Å². The number of benzene rings is 2. The molecular formula is C27H28ClFN4O. The van der Waals surface area contributed by atoms with Crippen molar-refractivity contribution in [2.75, 3.05) is 12.4 Å². The first-order chi connectivity index (χ1) is 16.5. The smallest absolute Gasteiger partial charge is 0.225 e. The second-order valence-corrected chi connectivity index (χ2v) is 9.60. The molecule has 4 aromatic rings. The number of methoxy groups -OCH3 is 1. The average Bonchev–Trinajstić information content (AvgIpc) is 2.83. The fraction of sp³-hybridized carbons (Fsp3) is 0.370. The molecule has 2 aromatic carbocycles. The highest BCUT2D eigenvalue weighted by molar-refractivity contribution is 6.29. The Hall–Kier alpha value is -2.99. The van der Waals surface area contributed by atoms with Crippen LogP contribution < -0.4 is 10.1 Å². The lowest BCUT2D eigenvalue weighted by atomic mass is 9.76. The van der Waals surface area contributed by atoms with Gasteiger partial charge in [-0.1, -0.05) is 6.07 Å². The minimum atomic E-state index is -0.203. The minimum Gasteiger partial charge on any atom is -0.494 e. The number of ether oxygens (including phenoxy) is 1. The van der Waals surface area contributed by atoms with Gasteiger partial charge in [-0.25, -0.2) is 14.4 Å². The Morgan fingerprint density at radius 1 is 1.09 bits per heavy atom. The molecule has 0 bridgehead atoms. The van der Waals surface area contributed by atoms with Gasteiger partial charge in [-0.2, -0.15) is 0 Å². The maximum atomic E-state index is 13.9. The Labute approximate surface area is 203 Å². The molecule has 0 aliphatic heterocycles. The molecule has 2 aromatic heterocycles. The molecule has 1 atom stereocenters. The van der Waals surface area contributed by atoms with Gasteiger partial charge in [-0.15, -0.1) is 0 Å². The van der Waals surface area contributed by atoms with E-state index in [1.807, 2.05) is 24.4 Å². The standard InChI is InChI=1S/C27H28ClFN4O/c1-16(31-26-21-4-3-5-24(34-2)25(21)32-27(28)33-26)14-17-6-8-18(9-7-17)20-12-13-30-23-11-10-19(29)15-22(20)23/h3-5,10-13,15-18H,6-9,14H2,1-2H3,(H,31,32,33)/t16-,17-,18+/m1/s1. The molecular weight excluding hydrogens is 451 g/mol. The van der Waals surface area contributed by atoms with Gasteiger partial charge in [0.05, 0.1) is 12.6 Å². The molecule has 34 heavy (non-hydrogen) atoms. The number of anilines is 1. The van der Waals surface area contributed by atoms with Gasteiger partial charge in [-0.3, -0.25) is 4.98 Å². The number of para-hydroxylation sites is 1. The van der Waals surface area contributed by atoms with Crippen LogP contribution >= 0.6 is 11.6 Å². The van der Waals surface area contributed by atoms with Crippen molar-refractivity contribution in [1.82, 2.24) is 15.0 Å². The SMILES string of the molecule is COc1cccc2c(N[C@H](C)C[C@H]3CC[C@@H](c4ccnc5ccc(F)cc54)CC3)nc(Cl)nc12. The van der Waals surface area contributed by atoms with Crippen LogP contribution in [0.3, 0.4) is 0 Å². The molecule has 0 amide bonds. The topological polar surface area (TPSA) is 59.9 Å². The van der Waals surface area contributed by atoms with Gasteiger partial charge in [0.15, 0.2) is 0 Å². The molecule has 0 unspecified atom stereocenters. The molecule has 0 spiro atoms. The normalized spacial score (nSPS) is 19.3. The van der Waals surface area contributed by atoms with E-state index in [1.165, 1.54) is 11.6 Å². The number of rotatable bonds is 6. The minimum absolute atomic E-state index is 0.202. The molecule has 0 saturated heterocycles. The van der Waals surface area contributed by atoms with Gasteiger partial charge < -0.3 is 10.1 Å². The zero-order valence-electron chi connectivity index (χ0n) is 19.4. The summed E-state index contributed by atoms with van der Waals surface area (Å²) < 4.78 is 19.3. The molecule has 5 rings (SSSR count). The first-order valence-corrected chi connectivity index (χ1v) is 12.2. The summed E-state index contributed by atoms with van der Waals surface area (Å²) in [5.74, 6) is 2.29. The van der Waals surface area contributed by atoms with E-state index < -0.39 is 0 Å². The second-order valence-electron chi connectivity index (χ2n) is 9.26. The molecule has 7 heteroatoms. The van der Waals surface area contributed by atoms with E-state index in [1.54, 1.807) is 19.2 Å². The Morgan fingerprint density at radius 3 is 2.71 bits per heavy atom. The molecule has 0 radical (unpaired) electrons. The van der Waals surface area contributed by atoms with Gasteiger partial charge in [0.25, 0.3) is 0 Å². The monoisotopic (exact) mass is 478 g/mol. The van der Waals surface area contributed by atoms with Crippen molar-refractivity contribution in [1.29, 1.82) is 0 Å². The second kappa shape index (κ2) is 9.71. The molecule has 5 nitrogen and oxygen atoms in total. The number of fused-ring (bicyclic) bond motifs is 2. The molecule has 1 saturated carbocycles. The van der Waals surface area contributed by atoms with Crippen molar-refractivity contribution in [2.24, 2.45) is 5.92 Å². The third kappa shape index (κ3) is 4.64. The Balaban J connectivity index is 1.25. The number of aromatic nitrogens is 3. The fourth-order valence-electron chi connectivity index (χ4n) is 5.37. The summed E-state index contributed by atoms with van der Waals surface area (Å²) >= 11 is 6.21. The van der Waals surface area contributed by atoms with E-state index in [4.69, 9.17) is 16.3 Å². The van der Waals surface area contributed by atoms with Gasteiger partial charge in [0, 0.05) is 23.0 Å². The zero-order chi connectivity index (χ0) is 23.7. The average molecular weight is 479 g/mol. The first kappa shape index (κ1) is 22.8. The Kier molecular flexibility index (Phi) is 6.50. The van der Waals surface area contributed by atoms with E-state index >= 15 is 0 Å². The van der Waals surface area contributed by atoms with E-state index in [-0.39, 0.29) is 17.1 Å². The summed E-state index contributed by atoms with van der Waals surface area (Å²) in [5, 5.41) is 5.61. The molecule has 1 N–H and O–H groups in total. The van der Waals surface area contributed by atoms with Crippen LogP contribution in [-0.4, -0.2) is 28.1 Å². The van der Waals surface area contributed by atoms with E-state index in [9.17, 15) is 4.39 Å². The van der Waals surface area contributed by atoms with Crippen LogP contribution in [0.5, 0.6) is 5.75 Å². The van der Waals surface area contributed by atoms with Gasteiger partial charge >= 0.3 is 0 Å². The zero-order valence-corrected chi connectivity index (χ0v) is 20.1. The Bertz CT molecular complexity index is 1320. The van der Waals surface area contributed by atoms with Gasteiger partial charge in [0.2, 0.25) is 5.28 Å². The van der Waals surface area contributed by atoms with Crippen LogP contribution in [0.2, 0.25) is 5.28 Å². The van der Waals surface area contributed by atoms with Crippen LogP contribution in [0.1, 0.15) is 50.5 Å². The maximum absolute atomic E-state index is 13.9. The van der Waals surface area contributed by atoms with Crippen molar-refractivity contribution >= 4 is 39.2 Å². The first-order valence-electron chi connectivity index (χ1n) is 11.8. The van der Waals surface area contributed by atoms with Crippen molar-refractivity contribution in [3.63, 3.8) is 0 Å². The molecule has 176 valence electrons. The van der Waals surface area contributed by atoms with E-state index in [0.717, 1.165) is 54.2 Å². The molecule has 1 aliphatic carbocycles. The predicted molar refractivity (Wildman–Crippen MR) is 135 cm³/mol. The molecule has 1 fully saturated rings. The van der Waals surface area contributed by atoms with Crippen molar-refractivity contribution in [3.8, 4) is 5.75 Å². The lowest BCUT2D eigenvalue weighted by Gasteiger charge is -2.31. The predicted octanol–water partition coefficient (Wildman–Crippen LogP) is 7.14. The number of hydrogen-bond donors (Lipinski definition) is 1. The van der Waals surface area contributed by atoms with E-state index in [0.29, 0.717) is 23.1 Å². The molecule has 1 aliphatic rings. The lowest BCUT2D eigenvalue weighted by molar-refractivity contribution is 0.302. The lowest BCUT2D eigenvalue weighted by Crippen LogP contribution is -2.23. The number of hydrogen-bond acceptors (Lipinski definition) is 5. The quantitative estimate of drug-likeness (QED) is 0.298. The summed E-state index contributed by atoms with van der Waals surface area (Å²) in [4.78, 5) is 13.2. The summed E-state index contributed by atoms with van der Waals surface area (Å²) in [5.41, 5.74) is 2.80. The largest absolute Gasteiger partial charge is 0.494 e. The van der Waals surface area contributed by atoms with Crippen LogP contribution in [0, 0.1) is 11.7 Å². The fourth-order valence-corrected chi connectivity index (χ4v) is 5.54. The van der Waals surface area contributed by atoms with Crippen LogP contribution in [0.15, 0.2) is 48.7 Å². The highest BCUT2D eigenvalue weighted by Crippen LogP contribution is 2.40. The summed E-state index contributed by atoms with van der Waals surface area (Å²) in [7, 11) is 1.63. The summed E-state index contributed by atoms with van der Waals surface area (Å²) in [6, 6.07) is 13.0. The van der Waals surface area contributed by atoms with Crippen LogP contribution in [0.4, 0.5) is 10.2 Å². The highest BCUT2D eigenvalue weighted by atomic mass is 35.5. The van der Waals surface area contributed by atoms with Crippen molar-refractivity contribution < 1.29 is 9.13 Å². The molecule has 2 heterocycles. The van der Waals surface area contributed by atoms with Crippen molar-refractivity contribution in [2.45, 2.75) is 51.0 Å². The highest BCUT2D eigenvalue weighted by Gasteiger charge is 2.25. The third-order valence-electron chi connectivity index (χ3n) is 6.98. The van der Waals surface area contributed by atoms with Crippen LogP contribution in [-0.2, 0) is 0 Å². The number of halogens is 2. The van der Waals surface area contributed by atoms with Gasteiger partial charge in [-0.05, 0) is 104 Å². The Morgan fingerprint density at radius 2 is 1.91 bits per heavy atom. The number of nitrogens with zero attached hydrogens (tertiary/aromatic N) is 3. The summed E-state index contributed by atoms with van der Waals surface area (Å²) in [6.45, 7) is 2.19. The number of nitrogens with one attached hydrogen (secondary N) is 1. The summed E-state index contributed by atoms with van der Waals surface area (Å²) in [6.07, 6.45) is 7.40. The van der Waals surface area contributed by atoms with Crippen molar-refractivity contribution in [3.05, 3.63) is 65.3 Å². The van der Waals surface area contributed by atoms with Crippen LogP contribution in [0.25, 0.3) is 21.8 Å². The number of pyridine rings is 1. The van der Waals surface area contributed by atoms with Gasteiger partial charge in [0.1, 0.15) is 22.9 Å². The maximum Gasteiger partial charge on any atom is 0.225 e. The third-order valence-corrected chi connectivity index (χ3v) is 7.15.